The van der Waals surface area contributed by atoms with E-state index in [2.05, 4.69) is 39.3 Å². The lowest BCUT2D eigenvalue weighted by Gasteiger charge is -2.26. The fraction of sp³-hybridized carbons (Fsp3) is 0.667. The van der Waals surface area contributed by atoms with Gasteiger partial charge in [-0.15, -0.1) is 0 Å². The van der Waals surface area contributed by atoms with Crippen LogP contribution in [0.25, 0.3) is 0 Å². The molecule has 2 rings (SSSR count). The molecule has 0 aliphatic carbocycles. The maximum atomic E-state index is 11.9. The third kappa shape index (κ3) is 6.88. The summed E-state index contributed by atoms with van der Waals surface area (Å²) < 4.78 is 5.32. The highest BCUT2D eigenvalue weighted by Crippen LogP contribution is 2.10. The molecule has 0 bridgehead atoms. The highest BCUT2D eigenvalue weighted by molar-refractivity contribution is 5.73. The summed E-state index contributed by atoms with van der Waals surface area (Å²) in [6, 6.07) is 3.89. The van der Waals surface area contributed by atoms with Crippen LogP contribution in [0.2, 0.25) is 0 Å². The SMILES string of the molecule is CCN(CC)c1ccc(CNC(=O)NCCCN2CCOCC2)cn1. The van der Waals surface area contributed by atoms with Crippen molar-refractivity contribution in [1.82, 2.24) is 20.5 Å². The van der Waals surface area contributed by atoms with Crippen LogP contribution in [-0.2, 0) is 11.3 Å². The molecule has 2 heterocycles. The molecule has 0 aromatic carbocycles. The number of hydrogen-bond acceptors (Lipinski definition) is 5. The van der Waals surface area contributed by atoms with E-state index in [9.17, 15) is 4.79 Å². The molecule has 2 amide bonds. The summed E-state index contributed by atoms with van der Waals surface area (Å²) in [7, 11) is 0. The van der Waals surface area contributed by atoms with Crippen LogP contribution in [0.15, 0.2) is 18.3 Å². The molecule has 2 N–H and O–H groups in total. The molecule has 0 atom stereocenters. The lowest BCUT2D eigenvalue weighted by Crippen LogP contribution is -2.39. The van der Waals surface area contributed by atoms with Gasteiger partial charge in [-0.05, 0) is 38.4 Å². The second-order valence-electron chi connectivity index (χ2n) is 6.11. The zero-order valence-corrected chi connectivity index (χ0v) is 15.5. The van der Waals surface area contributed by atoms with Crippen molar-refractivity contribution in [1.29, 1.82) is 0 Å². The first-order chi connectivity index (χ1) is 12.2. The predicted molar refractivity (Wildman–Crippen MR) is 99.9 cm³/mol. The minimum atomic E-state index is -0.130. The van der Waals surface area contributed by atoms with Crippen molar-refractivity contribution in [3.63, 3.8) is 0 Å². The molecule has 0 unspecified atom stereocenters. The summed E-state index contributed by atoms with van der Waals surface area (Å²) in [6.45, 7) is 11.9. The van der Waals surface area contributed by atoms with Gasteiger partial charge in [-0.1, -0.05) is 6.07 Å². The van der Waals surface area contributed by atoms with Gasteiger partial charge in [-0.3, -0.25) is 4.90 Å². The third-order valence-corrected chi connectivity index (χ3v) is 4.39. The maximum absolute atomic E-state index is 11.9. The Balaban J connectivity index is 1.61. The first-order valence-electron chi connectivity index (χ1n) is 9.24. The Kier molecular flexibility index (Phi) is 8.48. The van der Waals surface area contributed by atoms with Crippen molar-refractivity contribution < 1.29 is 9.53 Å². The minimum absolute atomic E-state index is 0.130. The zero-order valence-electron chi connectivity index (χ0n) is 15.5. The minimum Gasteiger partial charge on any atom is -0.379 e. The molecule has 0 saturated carbocycles. The van der Waals surface area contributed by atoms with Crippen LogP contribution in [0.4, 0.5) is 10.6 Å². The molecule has 0 spiro atoms. The number of amides is 2. The molecule has 140 valence electrons. The van der Waals surface area contributed by atoms with Crippen molar-refractivity contribution in [3.05, 3.63) is 23.9 Å². The van der Waals surface area contributed by atoms with E-state index >= 15 is 0 Å². The monoisotopic (exact) mass is 349 g/mol. The number of aromatic nitrogens is 1. The average molecular weight is 349 g/mol. The van der Waals surface area contributed by atoms with E-state index in [0.29, 0.717) is 13.1 Å². The lowest BCUT2D eigenvalue weighted by molar-refractivity contribution is 0.0375. The molecule has 25 heavy (non-hydrogen) atoms. The molecular formula is C18H31N5O2. The van der Waals surface area contributed by atoms with Crippen molar-refractivity contribution >= 4 is 11.8 Å². The van der Waals surface area contributed by atoms with Crippen LogP contribution < -0.4 is 15.5 Å². The molecule has 1 aliphatic rings. The van der Waals surface area contributed by atoms with E-state index < -0.39 is 0 Å². The molecular weight excluding hydrogens is 318 g/mol. The van der Waals surface area contributed by atoms with Gasteiger partial charge in [-0.25, -0.2) is 9.78 Å². The summed E-state index contributed by atoms with van der Waals surface area (Å²) >= 11 is 0. The van der Waals surface area contributed by atoms with Crippen molar-refractivity contribution in [2.75, 3.05) is 57.4 Å². The standard InChI is InChI=1S/C18H31N5O2/c1-3-23(4-2)17-7-6-16(14-20-17)15-21-18(24)19-8-5-9-22-10-12-25-13-11-22/h6-7,14H,3-5,8-13,15H2,1-2H3,(H2,19,21,24). The topological polar surface area (TPSA) is 69.7 Å². The smallest absolute Gasteiger partial charge is 0.315 e. The van der Waals surface area contributed by atoms with E-state index in [4.69, 9.17) is 4.74 Å². The van der Waals surface area contributed by atoms with Crippen LogP contribution in [0, 0.1) is 0 Å². The lowest BCUT2D eigenvalue weighted by atomic mass is 10.2. The molecule has 1 aromatic heterocycles. The summed E-state index contributed by atoms with van der Waals surface area (Å²) in [6.07, 6.45) is 2.78. The van der Waals surface area contributed by atoms with Crippen molar-refractivity contribution in [2.24, 2.45) is 0 Å². The molecule has 7 heteroatoms. The van der Waals surface area contributed by atoms with E-state index in [1.54, 1.807) is 0 Å². The number of anilines is 1. The number of rotatable bonds is 9. The molecule has 0 radical (unpaired) electrons. The van der Waals surface area contributed by atoms with Crippen LogP contribution in [0.1, 0.15) is 25.8 Å². The second-order valence-corrected chi connectivity index (χ2v) is 6.11. The van der Waals surface area contributed by atoms with E-state index in [1.807, 2.05) is 18.3 Å². The Labute approximate surface area is 150 Å². The van der Waals surface area contributed by atoms with E-state index in [1.165, 1.54) is 0 Å². The molecule has 7 nitrogen and oxygen atoms in total. The molecule has 1 aliphatic heterocycles. The number of carbonyl (C=O) groups is 1. The summed E-state index contributed by atoms with van der Waals surface area (Å²) in [5.74, 6) is 0.973. The van der Waals surface area contributed by atoms with Crippen LogP contribution in [0.5, 0.6) is 0 Å². The van der Waals surface area contributed by atoms with Crippen LogP contribution in [0.3, 0.4) is 0 Å². The van der Waals surface area contributed by atoms with Crippen molar-refractivity contribution in [2.45, 2.75) is 26.8 Å². The fourth-order valence-electron chi connectivity index (χ4n) is 2.83. The quantitative estimate of drug-likeness (QED) is 0.661. The number of pyridine rings is 1. The molecule has 1 aromatic rings. The number of urea groups is 1. The van der Waals surface area contributed by atoms with Gasteiger partial charge >= 0.3 is 6.03 Å². The van der Waals surface area contributed by atoms with Gasteiger partial charge in [0.05, 0.1) is 13.2 Å². The highest BCUT2D eigenvalue weighted by atomic mass is 16.5. The van der Waals surface area contributed by atoms with Gasteiger partial charge in [0.15, 0.2) is 0 Å². The number of morpholine rings is 1. The highest BCUT2D eigenvalue weighted by Gasteiger charge is 2.09. The van der Waals surface area contributed by atoms with E-state index in [0.717, 1.165) is 63.7 Å². The number of nitrogens with one attached hydrogen (secondary N) is 2. The predicted octanol–water partition coefficient (Wildman–Crippen LogP) is 1.45. The Bertz CT molecular complexity index is 499. The fourth-order valence-corrected chi connectivity index (χ4v) is 2.83. The Morgan fingerprint density at radius 3 is 2.64 bits per heavy atom. The summed E-state index contributed by atoms with van der Waals surface area (Å²) in [5.41, 5.74) is 0.999. The summed E-state index contributed by atoms with van der Waals surface area (Å²) in [5, 5.41) is 5.78. The van der Waals surface area contributed by atoms with Gasteiger partial charge in [0, 0.05) is 45.5 Å². The third-order valence-electron chi connectivity index (χ3n) is 4.39. The first kappa shape index (κ1) is 19.5. The van der Waals surface area contributed by atoms with Crippen LogP contribution in [-0.4, -0.2) is 68.4 Å². The van der Waals surface area contributed by atoms with Gasteiger partial charge in [0.2, 0.25) is 0 Å². The van der Waals surface area contributed by atoms with E-state index in [-0.39, 0.29) is 6.03 Å². The van der Waals surface area contributed by atoms with Crippen molar-refractivity contribution in [3.8, 4) is 0 Å². The summed E-state index contributed by atoms with van der Waals surface area (Å²) in [4.78, 5) is 20.9. The van der Waals surface area contributed by atoms with Gasteiger partial charge in [0.25, 0.3) is 0 Å². The number of hydrogen-bond donors (Lipinski definition) is 2. The molecule has 1 fully saturated rings. The van der Waals surface area contributed by atoms with Gasteiger partial charge < -0.3 is 20.3 Å². The zero-order chi connectivity index (χ0) is 17.9. The van der Waals surface area contributed by atoms with Crippen LogP contribution >= 0.6 is 0 Å². The van der Waals surface area contributed by atoms with Gasteiger partial charge in [0.1, 0.15) is 5.82 Å². The average Bonchev–Trinajstić information content (AvgIpc) is 2.66. The Morgan fingerprint density at radius 1 is 1.24 bits per heavy atom. The largest absolute Gasteiger partial charge is 0.379 e. The maximum Gasteiger partial charge on any atom is 0.315 e. The normalized spacial score (nSPS) is 15.0. The molecule has 1 saturated heterocycles. The number of ether oxygens (including phenoxy) is 1. The first-order valence-corrected chi connectivity index (χ1v) is 9.24. The second kappa shape index (κ2) is 10.9. The number of nitrogens with zero attached hydrogens (tertiary/aromatic N) is 3. The number of carbonyl (C=O) groups excluding carboxylic acids is 1. The Morgan fingerprint density at radius 2 is 2.00 bits per heavy atom. The van der Waals surface area contributed by atoms with Gasteiger partial charge in [-0.2, -0.15) is 0 Å². The Hall–Kier alpha value is -1.86.